The molecule has 0 aromatic heterocycles. The number of nitrogens with zero attached hydrogens (tertiary/aromatic N) is 1. The van der Waals surface area contributed by atoms with Crippen molar-refractivity contribution in [3.05, 3.63) is 77.4 Å². The number of hydrogen-bond donors (Lipinski definition) is 2. The largest absolute Gasteiger partial charge is 0.495 e. The number of benzene rings is 3. The predicted octanol–water partition coefficient (Wildman–Crippen LogP) is 6.96. The van der Waals surface area contributed by atoms with Crippen LogP contribution in [-0.4, -0.2) is 63.7 Å². The van der Waals surface area contributed by atoms with Crippen LogP contribution in [0, 0.1) is 6.92 Å². The van der Waals surface area contributed by atoms with Gasteiger partial charge in [-0.15, -0.1) is 0 Å². The smallest absolute Gasteiger partial charge is 0.407 e. The van der Waals surface area contributed by atoms with Gasteiger partial charge < -0.3 is 39.3 Å². The molecule has 48 heavy (non-hydrogen) atoms. The van der Waals surface area contributed by atoms with Crippen LogP contribution in [0.4, 0.5) is 16.2 Å². The third-order valence-electron chi connectivity index (χ3n) is 7.08. The predicted molar refractivity (Wildman–Crippen MR) is 186 cm³/mol. The summed E-state index contributed by atoms with van der Waals surface area (Å²) in [5.41, 5.74) is 2.09. The molecule has 11 heteroatoms. The third kappa shape index (κ3) is 11.6. The van der Waals surface area contributed by atoms with Crippen molar-refractivity contribution in [1.29, 1.82) is 0 Å². The number of alkyl carbamates (subject to hydrolysis) is 1. The molecular weight excluding hydrogens is 614 g/mol. The molecule has 0 bridgehead atoms. The second-order valence-corrected chi connectivity index (χ2v) is 12.2. The van der Waals surface area contributed by atoms with Crippen molar-refractivity contribution in [3.63, 3.8) is 0 Å². The number of methoxy groups -OCH3 is 1. The molecule has 2 N–H and O–H groups in total. The molecule has 258 valence electrons. The zero-order chi connectivity index (χ0) is 35.1. The van der Waals surface area contributed by atoms with E-state index in [1.54, 1.807) is 70.3 Å². The Balaban J connectivity index is 1.65. The van der Waals surface area contributed by atoms with Crippen LogP contribution < -0.4 is 29.7 Å². The van der Waals surface area contributed by atoms with Crippen molar-refractivity contribution in [2.24, 2.45) is 0 Å². The summed E-state index contributed by atoms with van der Waals surface area (Å²) < 4.78 is 22.7. The summed E-state index contributed by atoms with van der Waals surface area (Å²) in [7, 11) is 3.14. The second-order valence-electron chi connectivity index (χ2n) is 12.2. The molecule has 3 aromatic carbocycles. The molecule has 0 fully saturated rings. The van der Waals surface area contributed by atoms with Gasteiger partial charge >= 0.3 is 6.09 Å². The summed E-state index contributed by atoms with van der Waals surface area (Å²) in [4.78, 5) is 50.8. The third-order valence-corrected chi connectivity index (χ3v) is 7.08. The van der Waals surface area contributed by atoms with E-state index in [0.29, 0.717) is 65.7 Å². The SMILES string of the molecule is COc1cc(C(=O)N(C)c2ccc(C)cc2OCCCCCC=O)ccc1NC(=O)c1ccccc1OCCCNC(=O)OC(C)(C)C. The van der Waals surface area contributed by atoms with Gasteiger partial charge in [-0.1, -0.05) is 18.2 Å². The van der Waals surface area contributed by atoms with Crippen molar-refractivity contribution in [2.75, 3.05) is 44.1 Å². The Bertz CT molecular complexity index is 1550. The van der Waals surface area contributed by atoms with Crippen molar-refractivity contribution in [2.45, 2.75) is 65.4 Å². The molecule has 0 aliphatic heterocycles. The summed E-state index contributed by atoms with van der Waals surface area (Å²) >= 11 is 0. The van der Waals surface area contributed by atoms with Crippen LogP contribution in [-0.2, 0) is 9.53 Å². The van der Waals surface area contributed by atoms with E-state index in [0.717, 1.165) is 31.1 Å². The molecule has 3 amide bonds. The van der Waals surface area contributed by atoms with Gasteiger partial charge in [-0.05, 0) is 101 Å². The molecule has 3 rings (SSSR count). The van der Waals surface area contributed by atoms with Gasteiger partial charge in [0, 0.05) is 25.6 Å². The molecule has 0 atom stereocenters. The summed E-state index contributed by atoms with van der Waals surface area (Å²) in [6.07, 6.45) is 3.97. The number of aryl methyl sites for hydroxylation is 1. The lowest BCUT2D eigenvalue weighted by Gasteiger charge is -2.22. The van der Waals surface area contributed by atoms with Gasteiger partial charge in [0.2, 0.25) is 0 Å². The Morgan fingerprint density at radius 3 is 2.31 bits per heavy atom. The molecule has 3 aromatic rings. The molecule has 0 aliphatic rings. The first-order valence-electron chi connectivity index (χ1n) is 16.1. The highest BCUT2D eigenvalue weighted by molar-refractivity contribution is 6.09. The lowest BCUT2D eigenvalue weighted by Crippen LogP contribution is -2.33. The molecule has 0 saturated heterocycles. The van der Waals surface area contributed by atoms with Crippen LogP contribution in [0.5, 0.6) is 17.2 Å². The second kappa shape index (κ2) is 18.3. The fourth-order valence-electron chi connectivity index (χ4n) is 4.66. The number of aldehydes is 1. The molecular formula is C37H47N3O8. The van der Waals surface area contributed by atoms with E-state index in [9.17, 15) is 19.2 Å². The number of amides is 3. The fourth-order valence-corrected chi connectivity index (χ4v) is 4.66. The van der Waals surface area contributed by atoms with Crippen molar-refractivity contribution in [3.8, 4) is 17.2 Å². The Morgan fingerprint density at radius 2 is 1.58 bits per heavy atom. The molecule has 0 heterocycles. The Hall–Kier alpha value is -5.06. The minimum Gasteiger partial charge on any atom is -0.495 e. The van der Waals surface area contributed by atoms with E-state index in [2.05, 4.69) is 10.6 Å². The van der Waals surface area contributed by atoms with E-state index < -0.39 is 17.6 Å². The first-order valence-corrected chi connectivity index (χ1v) is 16.1. The van der Waals surface area contributed by atoms with Crippen LogP contribution in [0.2, 0.25) is 0 Å². The van der Waals surface area contributed by atoms with Gasteiger partial charge in [0.15, 0.2) is 0 Å². The fraction of sp³-hybridized carbons (Fsp3) is 0.405. The van der Waals surface area contributed by atoms with Gasteiger partial charge in [0.25, 0.3) is 11.8 Å². The minimum atomic E-state index is -0.581. The maximum absolute atomic E-state index is 13.6. The zero-order valence-corrected chi connectivity index (χ0v) is 28.7. The molecule has 0 spiro atoms. The Labute approximate surface area is 282 Å². The summed E-state index contributed by atoms with van der Waals surface area (Å²) in [6, 6.07) is 17.3. The number of hydrogen-bond acceptors (Lipinski definition) is 8. The summed E-state index contributed by atoms with van der Waals surface area (Å²) in [5, 5.41) is 5.54. The topological polar surface area (TPSA) is 132 Å². The first-order chi connectivity index (χ1) is 22.9. The lowest BCUT2D eigenvalue weighted by molar-refractivity contribution is -0.107. The highest BCUT2D eigenvalue weighted by atomic mass is 16.6. The monoisotopic (exact) mass is 661 g/mol. The van der Waals surface area contributed by atoms with Crippen LogP contribution >= 0.6 is 0 Å². The van der Waals surface area contributed by atoms with E-state index in [4.69, 9.17) is 18.9 Å². The van der Waals surface area contributed by atoms with Crippen LogP contribution in [0.1, 0.15) is 79.2 Å². The number of anilines is 2. The number of nitrogens with one attached hydrogen (secondary N) is 2. The maximum atomic E-state index is 13.6. The van der Waals surface area contributed by atoms with Crippen LogP contribution in [0.25, 0.3) is 0 Å². The lowest BCUT2D eigenvalue weighted by atomic mass is 10.1. The first kappa shape index (κ1) is 37.4. The zero-order valence-electron chi connectivity index (χ0n) is 28.7. The van der Waals surface area contributed by atoms with Gasteiger partial charge in [0.05, 0.1) is 37.3 Å². The number of ether oxygens (including phenoxy) is 4. The number of carbonyl (C=O) groups excluding carboxylic acids is 4. The normalized spacial score (nSPS) is 10.9. The number of para-hydroxylation sites is 1. The van der Waals surface area contributed by atoms with Gasteiger partial charge in [-0.3, -0.25) is 9.59 Å². The summed E-state index contributed by atoms with van der Waals surface area (Å²) in [5.74, 6) is 0.587. The standard InChI is InChI=1S/C37H47N3O8/c1-26-16-19-30(33(24-26)47-22-12-8-7-11-21-41)40(5)35(43)27-17-18-29(32(25-27)45-6)39-34(42)28-14-9-10-15-31(28)46-23-13-20-38-36(44)48-37(2,3)4/h9-10,14-19,21,24-25H,7-8,11-13,20,22-23H2,1-6H3,(H,38,44)(H,39,42). The molecule has 0 saturated carbocycles. The van der Waals surface area contributed by atoms with E-state index >= 15 is 0 Å². The number of unbranched alkanes of at least 4 members (excludes halogenated alkanes) is 3. The molecule has 11 nitrogen and oxygen atoms in total. The van der Waals surface area contributed by atoms with Crippen LogP contribution in [0.15, 0.2) is 60.7 Å². The number of rotatable bonds is 17. The highest BCUT2D eigenvalue weighted by Gasteiger charge is 2.21. The van der Waals surface area contributed by atoms with Crippen molar-refractivity contribution < 1.29 is 38.1 Å². The van der Waals surface area contributed by atoms with Crippen molar-refractivity contribution >= 4 is 35.6 Å². The van der Waals surface area contributed by atoms with Crippen LogP contribution in [0.3, 0.4) is 0 Å². The van der Waals surface area contributed by atoms with E-state index in [1.807, 2.05) is 25.1 Å². The average Bonchev–Trinajstić information content (AvgIpc) is 3.05. The highest BCUT2D eigenvalue weighted by Crippen LogP contribution is 2.32. The molecule has 0 aliphatic carbocycles. The van der Waals surface area contributed by atoms with Gasteiger partial charge in [0.1, 0.15) is 29.1 Å². The maximum Gasteiger partial charge on any atom is 0.407 e. The Morgan fingerprint density at radius 1 is 0.854 bits per heavy atom. The van der Waals surface area contributed by atoms with Gasteiger partial charge in [-0.25, -0.2) is 4.79 Å². The molecule has 0 unspecified atom stereocenters. The summed E-state index contributed by atoms with van der Waals surface area (Å²) in [6.45, 7) is 8.42. The van der Waals surface area contributed by atoms with E-state index in [-0.39, 0.29) is 12.5 Å². The van der Waals surface area contributed by atoms with Crippen molar-refractivity contribution in [1.82, 2.24) is 5.32 Å². The van der Waals surface area contributed by atoms with Gasteiger partial charge in [-0.2, -0.15) is 0 Å². The quantitative estimate of drug-likeness (QED) is 0.117. The number of carbonyl (C=O) groups is 4. The average molecular weight is 662 g/mol. The molecule has 0 radical (unpaired) electrons. The minimum absolute atomic E-state index is 0.267. The van der Waals surface area contributed by atoms with E-state index in [1.165, 1.54) is 12.0 Å². The Kier molecular flexibility index (Phi) is 14.3.